The van der Waals surface area contributed by atoms with Crippen molar-refractivity contribution in [2.45, 2.75) is 12.3 Å². The summed E-state index contributed by atoms with van der Waals surface area (Å²) in [6, 6.07) is 0. The predicted molar refractivity (Wildman–Crippen MR) is 59.2 cm³/mol. The van der Waals surface area contributed by atoms with Crippen LogP contribution in [0.2, 0.25) is 5.15 Å². The maximum Gasteiger partial charge on any atom is 0.246 e. The molecule has 0 spiro atoms. The second kappa shape index (κ2) is 5.36. The molecule has 0 bridgehead atoms. The first-order valence-electron chi connectivity index (χ1n) is 4.65. The van der Waals surface area contributed by atoms with Crippen LogP contribution in [0.5, 0.6) is 0 Å². The lowest BCUT2D eigenvalue weighted by Gasteiger charge is -2.21. The summed E-state index contributed by atoms with van der Waals surface area (Å²) in [6.45, 7) is -0.203. The van der Waals surface area contributed by atoms with Gasteiger partial charge in [-0.05, 0) is 0 Å². The molecule has 1 rings (SSSR count). The quantitative estimate of drug-likeness (QED) is 0.823. The summed E-state index contributed by atoms with van der Waals surface area (Å²) in [5.74, 6) is -0.776. The summed E-state index contributed by atoms with van der Waals surface area (Å²) in [5, 5.41) is 0.0226. The van der Waals surface area contributed by atoms with Crippen molar-refractivity contribution in [2.24, 2.45) is 5.73 Å². The lowest BCUT2D eigenvalue weighted by atomic mass is 10.0. The molecule has 2 N–H and O–H groups in total. The van der Waals surface area contributed by atoms with Crippen molar-refractivity contribution in [3.63, 3.8) is 0 Å². The van der Waals surface area contributed by atoms with E-state index in [2.05, 4.69) is 9.97 Å². The Balaban J connectivity index is 3.28. The molecular weight excluding hydrogens is 238 g/mol. The molecule has 4 nitrogen and oxygen atoms in total. The Labute approximate surface area is 97.4 Å². The highest BCUT2D eigenvalue weighted by Gasteiger charge is 2.28. The second-order valence-electron chi connectivity index (χ2n) is 3.47. The van der Waals surface area contributed by atoms with Crippen molar-refractivity contribution >= 4 is 17.4 Å². The maximum absolute atomic E-state index is 12.8. The Kier molecular flexibility index (Phi) is 4.37. The molecule has 0 aliphatic carbocycles. The number of hydrogen-bond donors (Lipinski definition) is 1. The van der Waals surface area contributed by atoms with E-state index in [1.54, 1.807) is 19.0 Å². The third-order valence-electron chi connectivity index (χ3n) is 2.17. The number of nitrogens with two attached hydrogens (primary N) is 1. The minimum Gasteiger partial charge on any atom is -0.362 e. The highest BCUT2D eigenvalue weighted by molar-refractivity contribution is 6.30. The SMILES string of the molecule is CN(C)c1ncnc(Cl)c1C(CN)C(F)F. The van der Waals surface area contributed by atoms with Crippen molar-refractivity contribution in [3.8, 4) is 0 Å². The van der Waals surface area contributed by atoms with Crippen LogP contribution in [0.1, 0.15) is 11.5 Å². The molecule has 0 aliphatic heterocycles. The van der Waals surface area contributed by atoms with Gasteiger partial charge in [0.25, 0.3) is 0 Å². The van der Waals surface area contributed by atoms with Gasteiger partial charge in [-0.15, -0.1) is 0 Å². The first-order chi connectivity index (χ1) is 7.49. The van der Waals surface area contributed by atoms with Gasteiger partial charge in [-0.2, -0.15) is 0 Å². The van der Waals surface area contributed by atoms with Crippen LogP contribution < -0.4 is 10.6 Å². The molecule has 90 valence electrons. The summed E-state index contributed by atoms with van der Waals surface area (Å²) in [5.41, 5.74) is 5.53. The predicted octanol–water partition coefficient (Wildman–Crippen LogP) is 1.50. The van der Waals surface area contributed by atoms with Gasteiger partial charge in [0.15, 0.2) is 0 Å². The van der Waals surface area contributed by atoms with Crippen LogP contribution in [0, 0.1) is 0 Å². The zero-order valence-electron chi connectivity index (χ0n) is 8.99. The average Bonchev–Trinajstić information content (AvgIpc) is 2.20. The van der Waals surface area contributed by atoms with Gasteiger partial charge in [0.05, 0.1) is 5.92 Å². The molecule has 1 heterocycles. The number of nitrogens with zero attached hydrogens (tertiary/aromatic N) is 3. The van der Waals surface area contributed by atoms with Gasteiger partial charge < -0.3 is 10.6 Å². The molecule has 0 amide bonds. The van der Waals surface area contributed by atoms with Gasteiger partial charge >= 0.3 is 0 Å². The summed E-state index contributed by atoms with van der Waals surface area (Å²) in [6.07, 6.45) is -1.35. The summed E-state index contributed by atoms with van der Waals surface area (Å²) < 4.78 is 25.6. The standard InChI is InChI=1S/C9H13ClF2N4/c1-16(2)9-6(5(3-13)8(11)12)7(10)14-4-15-9/h4-5,8H,3,13H2,1-2H3. The highest BCUT2D eigenvalue weighted by atomic mass is 35.5. The Morgan fingerprint density at radius 3 is 2.50 bits per heavy atom. The lowest BCUT2D eigenvalue weighted by molar-refractivity contribution is 0.117. The minimum atomic E-state index is -2.59. The number of hydrogen-bond acceptors (Lipinski definition) is 4. The molecule has 0 saturated heterocycles. The summed E-state index contributed by atoms with van der Waals surface area (Å²) in [7, 11) is 3.39. The highest BCUT2D eigenvalue weighted by Crippen LogP contribution is 2.33. The fourth-order valence-electron chi connectivity index (χ4n) is 1.39. The van der Waals surface area contributed by atoms with Crippen molar-refractivity contribution in [3.05, 3.63) is 17.0 Å². The third-order valence-corrected chi connectivity index (χ3v) is 2.47. The van der Waals surface area contributed by atoms with Crippen molar-refractivity contribution in [1.82, 2.24) is 9.97 Å². The van der Waals surface area contributed by atoms with Crippen LogP contribution in [-0.2, 0) is 0 Å². The van der Waals surface area contributed by atoms with Gasteiger partial charge in [0.1, 0.15) is 17.3 Å². The molecule has 0 aromatic carbocycles. The Hall–Kier alpha value is -1.01. The van der Waals surface area contributed by atoms with E-state index in [9.17, 15) is 8.78 Å². The van der Waals surface area contributed by atoms with E-state index in [4.69, 9.17) is 17.3 Å². The first-order valence-corrected chi connectivity index (χ1v) is 5.02. The van der Waals surface area contributed by atoms with E-state index < -0.39 is 12.3 Å². The van der Waals surface area contributed by atoms with E-state index >= 15 is 0 Å². The average molecular weight is 251 g/mol. The van der Waals surface area contributed by atoms with E-state index in [1.807, 2.05) is 0 Å². The Morgan fingerprint density at radius 2 is 2.06 bits per heavy atom. The largest absolute Gasteiger partial charge is 0.362 e. The molecule has 7 heteroatoms. The van der Waals surface area contributed by atoms with Gasteiger partial charge in [0, 0.05) is 26.2 Å². The number of alkyl halides is 2. The Bertz CT molecular complexity index is 359. The van der Waals surface area contributed by atoms with Crippen LogP contribution in [0.25, 0.3) is 0 Å². The number of halogens is 3. The number of anilines is 1. The lowest BCUT2D eigenvalue weighted by Crippen LogP contribution is -2.24. The van der Waals surface area contributed by atoms with E-state index in [0.29, 0.717) is 5.82 Å². The maximum atomic E-state index is 12.8. The summed E-state index contributed by atoms with van der Waals surface area (Å²) >= 11 is 5.82. The molecule has 1 unspecified atom stereocenters. The van der Waals surface area contributed by atoms with Crippen LogP contribution in [0.15, 0.2) is 6.33 Å². The number of rotatable bonds is 4. The van der Waals surface area contributed by atoms with Crippen molar-refractivity contribution in [2.75, 3.05) is 25.5 Å². The van der Waals surface area contributed by atoms with Crippen LogP contribution in [-0.4, -0.2) is 37.0 Å². The molecule has 16 heavy (non-hydrogen) atoms. The van der Waals surface area contributed by atoms with Crippen LogP contribution >= 0.6 is 11.6 Å². The normalized spacial score (nSPS) is 12.9. The molecular formula is C9H13ClF2N4. The van der Waals surface area contributed by atoms with Crippen LogP contribution in [0.4, 0.5) is 14.6 Å². The molecule has 1 aromatic rings. The van der Waals surface area contributed by atoms with Crippen molar-refractivity contribution in [1.29, 1.82) is 0 Å². The molecule has 0 radical (unpaired) electrons. The fourth-order valence-corrected chi connectivity index (χ4v) is 1.66. The Morgan fingerprint density at radius 1 is 1.44 bits per heavy atom. The second-order valence-corrected chi connectivity index (χ2v) is 3.83. The molecule has 1 aromatic heterocycles. The van der Waals surface area contributed by atoms with Gasteiger partial charge in [0.2, 0.25) is 6.43 Å². The van der Waals surface area contributed by atoms with Gasteiger partial charge in [-0.25, -0.2) is 18.7 Å². The summed E-state index contributed by atoms with van der Waals surface area (Å²) in [4.78, 5) is 9.25. The molecule has 1 atom stereocenters. The minimum absolute atomic E-state index is 0.0226. The topological polar surface area (TPSA) is 55.0 Å². The zero-order valence-corrected chi connectivity index (χ0v) is 9.75. The molecule has 0 saturated carbocycles. The zero-order chi connectivity index (χ0) is 12.3. The van der Waals surface area contributed by atoms with E-state index in [0.717, 1.165) is 0 Å². The molecule has 0 fully saturated rings. The third kappa shape index (κ3) is 2.56. The van der Waals surface area contributed by atoms with Crippen LogP contribution in [0.3, 0.4) is 0 Å². The van der Waals surface area contributed by atoms with E-state index in [-0.39, 0.29) is 17.3 Å². The monoisotopic (exact) mass is 250 g/mol. The van der Waals surface area contributed by atoms with Gasteiger partial charge in [-0.3, -0.25) is 0 Å². The first kappa shape index (κ1) is 13.1. The van der Waals surface area contributed by atoms with Gasteiger partial charge in [-0.1, -0.05) is 11.6 Å². The number of aromatic nitrogens is 2. The molecule has 0 aliphatic rings. The fraction of sp³-hybridized carbons (Fsp3) is 0.556. The van der Waals surface area contributed by atoms with Crippen molar-refractivity contribution < 1.29 is 8.78 Å². The smallest absolute Gasteiger partial charge is 0.246 e. The van der Waals surface area contributed by atoms with E-state index in [1.165, 1.54) is 6.33 Å².